The van der Waals surface area contributed by atoms with E-state index in [1.165, 1.54) is 44.2 Å². The predicted molar refractivity (Wildman–Crippen MR) is 116 cm³/mol. The van der Waals surface area contributed by atoms with Crippen molar-refractivity contribution in [1.29, 1.82) is 0 Å². The Morgan fingerprint density at radius 1 is 0.741 bits per heavy atom. The molecule has 0 nitrogen and oxygen atoms in total. The van der Waals surface area contributed by atoms with E-state index >= 15 is 0 Å². The van der Waals surface area contributed by atoms with E-state index in [2.05, 4.69) is 80.6 Å². The molecule has 0 amide bonds. The van der Waals surface area contributed by atoms with Crippen molar-refractivity contribution >= 4 is 22.4 Å². The molecule has 0 bridgehead atoms. The van der Waals surface area contributed by atoms with Crippen molar-refractivity contribution in [3.05, 3.63) is 106 Å². The minimum absolute atomic E-state index is 0.0281. The van der Waals surface area contributed by atoms with E-state index in [9.17, 15) is 0 Å². The van der Waals surface area contributed by atoms with Crippen LogP contribution >= 0.6 is 11.6 Å². The van der Waals surface area contributed by atoms with Crippen LogP contribution in [0.2, 0.25) is 5.02 Å². The molecule has 0 radical (unpaired) electrons. The van der Waals surface area contributed by atoms with Crippen LogP contribution in [-0.2, 0) is 11.8 Å². The average molecular weight is 369 g/mol. The smallest absolute Gasteiger partial charge is 0.0441 e. The van der Waals surface area contributed by atoms with E-state index in [-0.39, 0.29) is 5.41 Å². The molecule has 5 rings (SSSR count). The van der Waals surface area contributed by atoms with Gasteiger partial charge in [-0.15, -0.1) is 0 Å². The van der Waals surface area contributed by atoms with Gasteiger partial charge in [0.25, 0.3) is 0 Å². The second-order valence-corrected chi connectivity index (χ2v) is 8.39. The number of rotatable bonds is 2. The summed E-state index contributed by atoms with van der Waals surface area (Å²) in [7, 11) is 0. The molecule has 132 valence electrons. The van der Waals surface area contributed by atoms with Crippen molar-refractivity contribution < 1.29 is 0 Å². The lowest BCUT2D eigenvalue weighted by atomic mass is 9.68. The molecular weight excluding hydrogens is 348 g/mol. The van der Waals surface area contributed by atoms with Gasteiger partial charge in [-0.2, -0.15) is 0 Å². The molecule has 27 heavy (non-hydrogen) atoms. The fourth-order valence-corrected chi connectivity index (χ4v) is 4.75. The summed E-state index contributed by atoms with van der Waals surface area (Å²) in [5.41, 5.74) is 7.97. The lowest BCUT2D eigenvalue weighted by Gasteiger charge is -2.35. The van der Waals surface area contributed by atoms with E-state index < -0.39 is 0 Å². The normalized spacial score (nSPS) is 14.2. The van der Waals surface area contributed by atoms with Crippen LogP contribution in [0, 0.1) is 0 Å². The van der Waals surface area contributed by atoms with Crippen molar-refractivity contribution in [2.75, 3.05) is 0 Å². The summed E-state index contributed by atoms with van der Waals surface area (Å²) < 4.78 is 0. The first-order valence-corrected chi connectivity index (χ1v) is 9.83. The molecule has 0 saturated heterocycles. The SMILES string of the molecule is CC1(C)c2cc(Cc3ccccc3Cl)ccc2-c2cccc3cccc1c23. The quantitative estimate of drug-likeness (QED) is 0.346. The van der Waals surface area contributed by atoms with Gasteiger partial charge in [-0.05, 0) is 56.6 Å². The first-order chi connectivity index (χ1) is 13.1. The predicted octanol–water partition coefficient (Wildman–Crippen LogP) is 7.39. The summed E-state index contributed by atoms with van der Waals surface area (Å²) in [4.78, 5) is 0. The van der Waals surface area contributed by atoms with Gasteiger partial charge in [0.2, 0.25) is 0 Å². The van der Waals surface area contributed by atoms with Crippen LogP contribution in [0.3, 0.4) is 0 Å². The monoisotopic (exact) mass is 368 g/mol. The van der Waals surface area contributed by atoms with Gasteiger partial charge in [0.05, 0.1) is 0 Å². The maximum absolute atomic E-state index is 6.39. The molecule has 1 aliphatic carbocycles. The minimum Gasteiger partial charge on any atom is -0.0840 e. The molecule has 0 spiro atoms. The summed E-state index contributed by atoms with van der Waals surface area (Å²) in [5.74, 6) is 0. The Hall–Kier alpha value is -2.57. The summed E-state index contributed by atoms with van der Waals surface area (Å²) >= 11 is 6.39. The maximum Gasteiger partial charge on any atom is 0.0441 e. The van der Waals surface area contributed by atoms with Crippen LogP contribution < -0.4 is 0 Å². The minimum atomic E-state index is -0.0281. The van der Waals surface area contributed by atoms with E-state index in [0.29, 0.717) is 0 Å². The molecule has 0 saturated carbocycles. The van der Waals surface area contributed by atoms with Crippen molar-refractivity contribution in [3.8, 4) is 11.1 Å². The van der Waals surface area contributed by atoms with Crippen molar-refractivity contribution in [1.82, 2.24) is 0 Å². The zero-order valence-electron chi connectivity index (χ0n) is 15.6. The van der Waals surface area contributed by atoms with Gasteiger partial charge >= 0.3 is 0 Å². The maximum atomic E-state index is 6.39. The van der Waals surface area contributed by atoms with Gasteiger partial charge in [-0.25, -0.2) is 0 Å². The molecule has 0 aliphatic heterocycles. The second-order valence-electron chi connectivity index (χ2n) is 7.98. The van der Waals surface area contributed by atoms with E-state index in [0.717, 1.165) is 11.4 Å². The lowest BCUT2D eigenvalue weighted by molar-refractivity contribution is 0.644. The number of fused-ring (bicyclic) bond motifs is 2. The van der Waals surface area contributed by atoms with Gasteiger partial charge in [0, 0.05) is 10.4 Å². The standard InChI is InChI=1S/C26H21Cl/c1-26(2)22-11-6-9-18-8-5-10-21(25(18)22)20-14-13-17(16-23(20)26)15-19-7-3-4-12-24(19)27/h3-14,16H,15H2,1-2H3. The summed E-state index contributed by atoms with van der Waals surface area (Å²) in [6.45, 7) is 4.69. The van der Waals surface area contributed by atoms with Crippen LogP contribution in [0.25, 0.3) is 21.9 Å². The van der Waals surface area contributed by atoms with Gasteiger partial charge in [-0.1, -0.05) is 98.2 Å². The zero-order valence-corrected chi connectivity index (χ0v) is 16.3. The Balaban J connectivity index is 1.71. The number of hydrogen-bond donors (Lipinski definition) is 0. The fraction of sp³-hybridized carbons (Fsp3) is 0.154. The van der Waals surface area contributed by atoms with Gasteiger partial charge in [0.15, 0.2) is 0 Å². The Kier molecular flexibility index (Phi) is 3.67. The largest absolute Gasteiger partial charge is 0.0840 e. The van der Waals surface area contributed by atoms with Gasteiger partial charge in [-0.3, -0.25) is 0 Å². The molecule has 4 aromatic carbocycles. The molecule has 0 atom stereocenters. The van der Waals surface area contributed by atoms with Crippen LogP contribution in [0.15, 0.2) is 78.9 Å². The highest BCUT2D eigenvalue weighted by Gasteiger charge is 2.33. The van der Waals surface area contributed by atoms with Crippen molar-refractivity contribution in [2.24, 2.45) is 0 Å². The average Bonchev–Trinajstić information content (AvgIpc) is 2.68. The number of halogens is 1. The fourth-order valence-electron chi connectivity index (χ4n) is 4.55. The number of hydrogen-bond acceptors (Lipinski definition) is 0. The van der Waals surface area contributed by atoms with Gasteiger partial charge in [0.1, 0.15) is 0 Å². The molecule has 1 heteroatoms. The molecule has 4 aromatic rings. The van der Waals surface area contributed by atoms with Crippen LogP contribution in [-0.4, -0.2) is 0 Å². The highest BCUT2D eigenvalue weighted by molar-refractivity contribution is 6.31. The Morgan fingerprint density at radius 3 is 2.33 bits per heavy atom. The number of benzene rings is 4. The third kappa shape index (κ3) is 2.51. The van der Waals surface area contributed by atoms with Crippen molar-refractivity contribution in [3.63, 3.8) is 0 Å². The third-order valence-corrected chi connectivity index (χ3v) is 6.35. The molecule has 0 aromatic heterocycles. The second kappa shape index (κ2) is 5.97. The van der Waals surface area contributed by atoms with E-state index in [1.54, 1.807) is 0 Å². The first kappa shape index (κ1) is 16.6. The van der Waals surface area contributed by atoms with Crippen LogP contribution in [0.4, 0.5) is 0 Å². The molecule has 0 N–H and O–H groups in total. The zero-order chi connectivity index (χ0) is 18.6. The molecule has 0 fully saturated rings. The Bertz CT molecular complexity index is 1180. The van der Waals surface area contributed by atoms with Gasteiger partial charge < -0.3 is 0 Å². The highest BCUT2D eigenvalue weighted by atomic mass is 35.5. The Morgan fingerprint density at radius 2 is 1.52 bits per heavy atom. The molecule has 0 heterocycles. The highest BCUT2D eigenvalue weighted by Crippen LogP contribution is 2.48. The van der Waals surface area contributed by atoms with E-state index in [1.807, 2.05) is 12.1 Å². The molecule has 1 aliphatic rings. The molecular formula is C26H21Cl. The lowest BCUT2D eigenvalue weighted by Crippen LogP contribution is -2.24. The van der Waals surface area contributed by atoms with Crippen LogP contribution in [0.1, 0.15) is 36.1 Å². The van der Waals surface area contributed by atoms with E-state index in [4.69, 9.17) is 11.6 Å². The van der Waals surface area contributed by atoms with Crippen LogP contribution in [0.5, 0.6) is 0 Å². The summed E-state index contributed by atoms with van der Waals surface area (Å²) in [5, 5.41) is 3.56. The topological polar surface area (TPSA) is 0 Å². The Labute approximate surface area is 165 Å². The molecule has 0 unspecified atom stereocenters. The summed E-state index contributed by atoms with van der Waals surface area (Å²) in [6, 6.07) is 28.4. The van der Waals surface area contributed by atoms with Crippen molar-refractivity contribution in [2.45, 2.75) is 25.7 Å². The third-order valence-electron chi connectivity index (χ3n) is 5.98. The first-order valence-electron chi connectivity index (χ1n) is 9.45. The summed E-state index contributed by atoms with van der Waals surface area (Å²) in [6.07, 6.45) is 0.856.